The number of aryl methyl sites for hydroxylation is 1. The molecule has 4 aromatic rings. The van der Waals surface area contributed by atoms with E-state index in [-0.39, 0.29) is 17.2 Å². The van der Waals surface area contributed by atoms with Gasteiger partial charge in [-0.1, -0.05) is 13.8 Å². The van der Waals surface area contributed by atoms with Crippen molar-refractivity contribution in [2.75, 3.05) is 30.3 Å². The molecule has 0 atom stereocenters. The zero-order valence-corrected chi connectivity index (χ0v) is 19.4. The quantitative estimate of drug-likeness (QED) is 0.403. The van der Waals surface area contributed by atoms with Crippen LogP contribution in [0.25, 0.3) is 15.3 Å². The van der Waals surface area contributed by atoms with Crippen LogP contribution in [0.15, 0.2) is 37.1 Å². The normalized spacial score (nSPS) is 15.4. The molecule has 5 heterocycles. The number of nitrogens with zero attached hydrogens (tertiary/aromatic N) is 5. The van der Waals surface area contributed by atoms with Crippen LogP contribution in [-0.4, -0.2) is 61.1 Å². The standard InChI is InChI=1S/C22H24N8O2S/c1-13-17(4-15(7-23-13)27-19(31)10-29-11-22(2,3)12-29)28-20(32)16-8-26-30-9-18(33-21(16)30)14-5-24-25-6-14/h4-9H,10-12H2,1-3H3,(H,24,25)(H,27,31)(H,28,32). The number of fused-ring (bicyclic) bond motifs is 1. The van der Waals surface area contributed by atoms with Crippen LogP contribution in [0.5, 0.6) is 0 Å². The lowest BCUT2D eigenvalue weighted by Crippen LogP contribution is -2.54. The second kappa shape index (κ2) is 8.09. The molecule has 0 aliphatic carbocycles. The Labute approximate surface area is 194 Å². The fraction of sp³-hybridized carbons (Fsp3) is 0.318. The van der Waals surface area contributed by atoms with Crippen molar-refractivity contribution in [3.63, 3.8) is 0 Å². The molecule has 0 radical (unpaired) electrons. The Morgan fingerprint density at radius 3 is 2.76 bits per heavy atom. The fourth-order valence-corrected chi connectivity index (χ4v) is 5.10. The van der Waals surface area contributed by atoms with Crippen LogP contribution in [0.2, 0.25) is 0 Å². The van der Waals surface area contributed by atoms with Gasteiger partial charge in [0, 0.05) is 31.0 Å². The van der Waals surface area contributed by atoms with E-state index < -0.39 is 0 Å². The third-order valence-electron chi connectivity index (χ3n) is 5.51. The van der Waals surface area contributed by atoms with Gasteiger partial charge in [-0.2, -0.15) is 10.2 Å². The number of hydrogen-bond donors (Lipinski definition) is 3. The van der Waals surface area contributed by atoms with E-state index in [9.17, 15) is 9.59 Å². The molecule has 0 bridgehead atoms. The van der Waals surface area contributed by atoms with Crippen LogP contribution in [0.3, 0.4) is 0 Å². The molecule has 10 nitrogen and oxygen atoms in total. The first-order valence-electron chi connectivity index (χ1n) is 10.5. The van der Waals surface area contributed by atoms with Gasteiger partial charge in [-0.05, 0) is 18.4 Å². The SMILES string of the molecule is Cc1ncc(NC(=O)CN2CC(C)(C)C2)cc1NC(=O)c1cnn2cc(-c3cn[nH]c3)sc12. The molecule has 170 valence electrons. The number of likely N-dealkylation sites (tertiary alicyclic amines) is 1. The Kier molecular flexibility index (Phi) is 5.22. The van der Waals surface area contributed by atoms with Gasteiger partial charge in [-0.15, -0.1) is 11.3 Å². The van der Waals surface area contributed by atoms with E-state index in [1.807, 2.05) is 6.20 Å². The number of carbonyl (C=O) groups excluding carboxylic acids is 2. The molecule has 0 saturated carbocycles. The van der Waals surface area contributed by atoms with Gasteiger partial charge in [-0.3, -0.25) is 24.6 Å². The second-order valence-corrected chi connectivity index (χ2v) is 10.1. The van der Waals surface area contributed by atoms with Crippen LogP contribution in [0, 0.1) is 12.3 Å². The van der Waals surface area contributed by atoms with E-state index in [1.165, 1.54) is 11.3 Å². The number of aromatic amines is 1. The molecule has 1 aliphatic rings. The zero-order valence-electron chi connectivity index (χ0n) is 18.5. The lowest BCUT2D eigenvalue weighted by atomic mass is 9.84. The molecule has 1 aliphatic heterocycles. The zero-order chi connectivity index (χ0) is 23.2. The number of aromatic nitrogens is 5. The fourth-order valence-electron chi connectivity index (χ4n) is 4.06. The lowest BCUT2D eigenvalue weighted by Gasteiger charge is -2.45. The maximum Gasteiger partial charge on any atom is 0.260 e. The molecule has 5 rings (SSSR count). The van der Waals surface area contributed by atoms with Gasteiger partial charge in [0.15, 0.2) is 0 Å². The summed E-state index contributed by atoms with van der Waals surface area (Å²) in [6.07, 6.45) is 8.52. The second-order valence-electron chi connectivity index (χ2n) is 9.06. The van der Waals surface area contributed by atoms with Crippen LogP contribution in [0.1, 0.15) is 29.9 Å². The third kappa shape index (κ3) is 4.37. The van der Waals surface area contributed by atoms with E-state index in [0.29, 0.717) is 29.2 Å². The summed E-state index contributed by atoms with van der Waals surface area (Å²) in [4.78, 5) is 33.5. The Morgan fingerprint density at radius 2 is 2.03 bits per heavy atom. The van der Waals surface area contributed by atoms with Crippen LogP contribution in [0.4, 0.5) is 11.4 Å². The molecule has 0 unspecified atom stereocenters. The van der Waals surface area contributed by atoms with Crippen LogP contribution >= 0.6 is 11.3 Å². The summed E-state index contributed by atoms with van der Waals surface area (Å²) in [6, 6.07) is 1.73. The summed E-state index contributed by atoms with van der Waals surface area (Å²) >= 11 is 1.46. The van der Waals surface area contributed by atoms with E-state index in [2.05, 4.69) is 49.7 Å². The monoisotopic (exact) mass is 464 g/mol. The number of nitrogens with one attached hydrogen (secondary N) is 3. The molecule has 1 saturated heterocycles. The van der Waals surface area contributed by atoms with E-state index in [1.54, 1.807) is 42.3 Å². The molecule has 33 heavy (non-hydrogen) atoms. The Morgan fingerprint density at radius 1 is 1.21 bits per heavy atom. The number of anilines is 2. The predicted molar refractivity (Wildman–Crippen MR) is 126 cm³/mol. The maximum atomic E-state index is 13.0. The number of hydrogen-bond acceptors (Lipinski definition) is 7. The van der Waals surface area contributed by atoms with Crippen molar-refractivity contribution in [1.82, 2.24) is 29.7 Å². The molecular formula is C22H24N8O2S. The highest BCUT2D eigenvalue weighted by atomic mass is 32.1. The molecule has 1 fully saturated rings. The van der Waals surface area contributed by atoms with Gasteiger partial charge in [-0.25, -0.2) is 4.52 Å². The van der Waals surface area contributed by atoms with E-state index >= 15 is 0 Å². The van der Waals surface area contributed by atoms with E-state index in [0.717, 1.165) is 28.4 Å². The summed E-state index contributed by atoms with van der Waals surface area (Å²) in [6.45, 7) is 8.31. The van der Waals surface area contributed by atoms with Crippen LogP contribution < -0.4 is 10.6 Å². The van der Waals surface area contributed by atoms with Crippen molar-refractivity contribution >= 4 is 39.4 Å². The molecule has 3 N–H and O–H groups in total. The number of carbonyl (C=O) groups is 2. The minimum atomic E-state index is -0.290. The Hall–Kier alpha value is -3.57. The topological polar surface area (TPSA) is 120 Å². The average molecular weight is 465 g/mol. The molecule has 4 aromatic heterocycles. The lowest BCUT2D eigenvalue weighted by molar-refractivity contribution is -0.120. The summed E-state index contributed by atoms with van der Waals surface area (Å²) in [5.74, 6) is -0.390. The number of pyridine rings is 1. The highest BCUT2D eigenvalue weighted by Gasteiger charge is 2.34. The summed E-state index contributed by atoms with van der Waals surface area (Å²) < 4.78 is 1.68. The number of amides is 2. The summed E-state index contributed by atoms with van der Waals surface area (Å²) in [5, 5.41) is 16.8. The Bertz CT molecular complexity index is 1330. The first kappa shape index (κ1) is 21.3. The molecule has 11 heteroatoms. The number of thiazole rings is 1. The molecule has 0 aromatic carbocycles. The third-order valence-corrected chi connectivity index (χ3v) is 6.67. The first-order valence-corrected chi connectivity index (χ1v) is 11.4. The minimum Gasteiger partial charge on any atom is -0.324 e. The van der Waals surface area contributed by atoms with Crippen molar-refractivity contribution in [2.45, 2.75) is 20.8 Å². The van der Waals surface area contributed by atoms with Crippen molar-refractivity contribution in [3.8, 4) is 10.4 Å². The van der Waals surface area contributed by atoms with Gasteiger partial charge in [0.1, 0.15) is 4.83 Å². The number of H-pyrrole nitrogens is 1. The van der Waals surface area contributed by atoms with Gasteiger partial charge >= 0.3 is 0 Å². The summed E-state index contributed by atoms with van der Waals surface area (Å²) in [5.41, 5.74) is 3.39. The highest BCUT2D eigenvalue weighted by Crippen LogP contribution is 2.31. The molecular weight excluding hydrogens is 440 g/mol. The van der Waals surface area contributed by atoms with Crippen LogP contribution in [-0.2, 0) is 4.79 Å². The first-order chi connectivity index (χ1) is 15.8. The van der Waals surface area contributed by atoms with Gasteiger partial charge < -0.3 is 10.6 Å². The summed E-state index contributed by atoms with van der Waals surface area (Å²) in [7, 11) is 0. The van der Waals surface area contributed by atoms with Gasteiger partial charge in [0.25, 0.3) is 5.91 Å². The Balaban J connectivity index is 1.29. The predicted octanol–water partition coefficient (Wildman–Crippen LogP) is 3.02. The van der Waals surface area contributed by atoms with E-state index in [4.69, 9.17) is 0 Å². The smallest absolute Gasteiger partial charge is 0.260 e. The molecule has 2 amide bonds. The van der Waals surface area contributed by atoms with Gasteiger partial charge in [0.05, 0.1) is 52.6 Å². The maximum absolute atomic E-state index is 13.0. The van der Waals surface area contributed by atoms with Crippen molar-refractivity contribution in [3.05, 3.63) is 48.3 Å². The van der Waals surface area contributed by atoms with Crippen molar-refractivity contribution in [2.24, 2.45) is 5.41 Å². The number of rotatable bonds is 6. The molecule has 0 spiro atoms. The minimum absolute atomic E-state index is 0.0999. The average Bonchev–Trinajstić information content (AvgIpc) is 3.45. The van der Waals surface area contributed by atoms with Gasteiger partial charge in [0.2, 0.25) is 5.91 Å². The van der Waals surface area contributed by atoms with Crippen molar-refractivity contribution < 1.29 is 9.59 Å². The largest absolute Gasteiger partial charge is 0.324 e. The van der Waals surface area contributed by atoms with Crippen molar-refractivity contribution in [1.29, 1.82) is 0 Å². The highest BCUT2D eigenvalue weighted by molar-refractivity contribution is 7.21.